The molecule has 0 aliphatic carbocycles. The molecule has 0 saturated carbocycles. The smallest absolute Gasteiger partial charge is 0.223 e. The molecule has 0 aromatic heterocycles. The summed E-state index contributed by atoms with van der Waals surface area (Å²) in [5.41, 5.74) is 1.71. The average Bonchev–Trinajstić information content (AvgIpc) is 2.43. The van der Waals surface area contributed by atoms with E-state index in [1.165, 1.54) is 0 Å². The molecule has 0 spiro atoms. The fourth-order valence-electron chi connectivity index (χ4n) is 3.10. The van der Waals surface area contributed by atoms with Gasteiger partial charge in [-0.2, -0.15) is 0 Å². The maximum atomic E-state index is 12.6. The molecule has 3 unspecified atom stereocenters. The molecule has 118 valence electrons. The minimum atomic E-state index is -1.32. The SMILES string of the molecule is CCCC(C(C)C(=O)NC(C)c1ccccc1)[Si](C)(C)C. The molecule has 1 aromatic carbocycles. The summed E-state index contributed by atoms with van der Waals surface area (Å²) in [6.07, 6.45) is 2.31. The molecule has 3 atom stereocenters. The second-order valence-electron chi connectivity index (χ2n) is 7.19. The first kappa shape index (κ1) is 18.0. The number of benzene rings is 1. The molecule has 3 heteroatoms. The summed E-state index contributed by atoms with van der Waals surface area (Å²) in [5.74, 6) is 0.301. The van der Waals surface area contributed by atoms with Gasteiger partial charge in [-0.05, 0) is 18.0 Å². The van der Waals surface area contributed by atoms with Crippen LogP contribution in [0.5, 0.6) is 0 Å². The van der Waals surface area contributed by atoms with E-state index in [4.69, 9.17) is 0 Å². The number of rotatable bonds is 7. The van der Waals surface area contributed by atoms with Crippen molar-refractivity contribution in [3.63, 3.8) is 0 Å². The Hall–Kier alpha value is -1.09. The maximum Gasteiger partial charge on any atom is 0.223 e. The van der Waals surface area contributed by atoms with Crippen molar-refractivity contribution in [1.29, 1.82) is 0 Å². The van der Waals surface area contributed by atoms with Crippen LogP contribution in [0.4, 0.5) is 0 Å². The van der Waals surface area contributed by atoms with Crippen molar-refractivity contribution in [1.82, 2.24) is 5.32 Å². The van der Waals surface area contributed by atoms with Crippen molar-refractivity contribution < 1.29 is 4.79 Å². The molecule has 0 heterocycles. The van der Waals surface area contributed by atoms with Crippen LogP contribution < -0.4 is 5.32 Å². The Morgan fingerprint density at radius 1 is 1.14 bits per heavy atom. The molecule has 0 fully saturated rings. The third-order valence-electron chi connectivity index (χ3n) is 4.39. The molecule has 0 radical (unpaired) electrons. The van der Waals surface area contributed by atoms with E-state index < -0.39 is 8.07 Å². The van der Waals surface area contributed by atoms with Gasteiger partial charge in [-0.3, -0.25) is 4.79 Å². The number of carbonyl (C=O) groups is 1. The first-order valence-electron chi connectivity index (χ1n) is 8.12. The van der Waals surface area contributed by atoms with Gasteiger partial charge in [0, 0.05) is 14.0 Å². The van der Waals surface area contributed by atoms with E-state index in [1.54, 1.807) is 0 Å². The van der Waals surface area contributed by atoms with Crippen LogP contribution in [0.2, 0.25) is 25.2 Å². The molecule has 1 aromatic rings. The van der Waals surface area contributed by atoms with Crippen molar-refractivity contribution >= 4 is 14.0 Å². The molecular formula is C18H31NOSi. The molecule has 2 nitrogen and oxygen atoms in total. The summed E-state index contributed by atoms with van der Waals surface area (Å²) in [7, 11) is -1.32. The van der Waals surface area contributed by atoms with Crippen molar-refractivity contribution in [2.45, 2.75) is 64.8 Å². The van der Waals surface area contributed by atoms with Gasteiger partial charge in [0.15, 0.2) is 0 Å². The minimum Gasteiger partial charge on any atom is -0.349 e. The molecule has 21 heavy (non-hydrogen) atoms. The molecule has 0 aliphatic rings. The summed E-state index contributed by atoms with van der Waals surface area (Å²) in [4.78, 5) is 12.6. The van der Waals surface area contributed by atoms with Crippen LogP contribution in [0.1, 0.15) is 45.2 Å². The van der Waals surface area contributed by atoms with Crippen molar-refractivity contribution in [2.24, 2.45) is 5.92 Å². The molecule has 0 aliphatic heterocycles. The highest BCUT2D eigenvalue weighted by Gasteiger charge is 2.34. The standard InChI is InChI=1S/C18H31NOSi/c1-7-11-17(21(4,5)6)14(2)18(20)19-15(3)16-12-9-8-10-13-16/h8-10,12-15,17H,7,11H2,1-6H3,(H,19,20). The lowest BCUT2D eigenvalue weighted by Gasteiger charge is -2.34. The first-order valence-corrected chi connectivity index (χ1v) is 11.7. The van der Waals surface area contributed by atoms with Gasteiger partial charge in [0.1, 0.15) is 0 Å². The monoisotopic (exact) mass is 305 g/mol. The zero-order chi connectivity index (χ0) is 16.0. The lowest BCUT2D eigenvalue weighted by atomic mass is 10.0. The third kappa shape index (κ3) is 5.31. The van der Waals surface area contributed by atoms with Gasteiger partial charge in [0.05, 0.1) is 6.04 Å². The van der Waals surface area contributed by atoms with Crippen LogP contribution >= 0.6 is 0 Å². The highest BCUT2D eigenvalue weighted by molar-refractivity contribution is 6.77. The predicted molar refractivity (Wildman–Crippen MR) is 94.2 cm³/mol. The van der Waals surface area contributed by atoms with Crippen LogP contribution in [0, 0.1) is 5.92 Å². The van der Waals surface area contributed by atoms with E-state index in [0.29, 0.717) is 5.54 Å². The predicted octanol–water partition coefficient (Wildman–Crippen LogP) is 5.01. The lowest BCUT2D eigenvalue weighted by molar-refractivity contribution is -0.125. The summed E-state index contributed by atoms with van der Waals surface area (Å²) in [5, 5.41) is 3.19. The number of hydrogen-bond acceptors (Lipinski definition) is 1. The fraction of sp³-hybridized carbons (Fsp3) is 0.611. The van der Waals surface area contributed by atoms with Gasteiger partial charge >= 0.3 is 0 Å². The van der Waals surface area contributed by atoms with Gasteiger partial charge in [-0.15, -0.1) is 0 Å². The van der Waals surface area contributed by atoms with Crippen molar-refractivity contribution in [3.8, 4) is 0 Å². The van der Waals surface area contributed by atoms with Gasteiger partial charge in [0.2, 0.25) is 5.91 Å². The number of carbonyl (C=O) groups excluding carboxylic acids is 1. The second kappa shape index (κ2) is 7.78. The van der Waals surface area contributed by atoms with Crippen LogP contribution in [0.15, 0.2) is 30.3 Å². The lowest BCUT2D eigenvalue weighted by Crippen LogP contribution is -2.40. The Kier molecular flexibility index (Phi) is 6.66. The topological polar surface area (TPSA) is 29.1 Å². The summed E-state index contributed by atoms with van der Waals surface area (Å²) in [6.45, 7) is 13.5. The van der Waals surface area contributed by atoms with Crippen molar-refractivity contribution in [2.75, 3.05) is 0 Å². The normalized spacial score (nSPS) is 16.1. The molecule has 1 amide bonds. The molecule has 0 bridgehead atoms. The molecule has 0 saturated heterocycles. The van der Waals surface area contributed by atoms with E-state index in [0.717, 1.165) is 18.4 Å². The maximum absolute atomic E-state index is 12.6. The molecule has 1 rings (SSSR count). The van der Waals surface area contributed by atoms with Gasteiger partial charge in [-0.25, -0.2) is 0 Å². The minimum absolute atomic E-state index is 0.0741. The zero-order valence-corrected chi connectivity index (χ0v) is 15.4. The van der Waals surface area contributed by atoms with E-state index in [-0.39, 0.29) is 17.9 Å². The third-order valence-corrected chi connectivity index (χ3v) is 7.40. The number of amides is 1. The van der Waals surface area contributed by atoms with Gasteiger partial charge < -0.3 is 5.32 Å². The van der Waals surface area contributed by atoms with E-state index in [9.17, 15) is 4.79 Å². The van der Waals surface area contributed by atoms with E-state index >= 15 is 0 Å². The Balaban J connectivity index is 2.73. The highest BCUT2D eigenvalue weighted by atomic mass is 28.3. The number of nitrogens with one attached hydrogen (secondary N) is 1. The van der Waals surface area contributed by atoms with Crippen LogP contribution in [-0.4, -0.2) is 14.0 Å². The van der Waals surface area contributed by atoms with Crippen LogP contribution in [0.25, 0.3) is 0 Å². The largest absolute Gasteiger partial charge is 0.349 e. The van der Waals surface area contributed by atoms with Crippen LogP contribution in [-0.2, 0) is 4.79 Å². The van der Waals surface area contributed by atoms with Crippen LogP contribution in [0.3, 0.4) is 0 Å². The van der Waals surface area contributed by atoms with Gasteiger partial charge in [0.25, 0.3) is 0 Å². The summed E-state index contributed by atoms with van der Waals surface area (Å²) in [6, 6.07) is 10.2. The Morgan fingerprint density at radius 3 is 2.19 bits per heavy atom. The quantitative estimate of drug-likeness (QED) is 0.705. The molecule has 1 N–H and O–H groups in total. The summed E-state index contributed by atoms with van der Waals surface area (Å²) >= 11 is 0. The second-order valence-corrected chi connectivity index (χ2v) is 12.7. The summed E-state index contributed by atoms with van der Waals surface area (Å²) < 4.78 is 0. The van der Waals surface area contributed by atoms with E-state index in [1.807, 2.05) is 18.2 Å². The zero-order valence-electron chi connectivity index (χ0n) is 14.4. The fourth-order valence-corrected chi connectivity index (χ4v) is 5.90. The number of hydrogen-bond donors (Lipinski definition) is 1. The average molecular weight is 306 g/mol. The highest BCUT2D eigenvalue weighted by Crippen LogP contribution is 2.34. The van der Waals surface area contributed by atoms with Crippen molar-refractivity contribution in [3.05, 3.63) is 35.9 Å². The Bertz CT molecular complexity index is 438. The Morgan fingerprint density at radius 2 is 1.71 bits per heavy atom. The van der Waals surface area contributed by atoms with E-state index in [2.05, 4.69) is 57.9 Å². The van der Waals surface area contributed by atoms with Gasteiger partial charge in [-0.1, -0.05) is 76.7 Å². The molecular weight excluding hydrogens is 274 g/mol. The Labute approximate surface area is 131 Å². The first-order chi connectivity index (χ1) is 9.77.